The summed E-state index contributed by atoms with van der Waals surface area (Å²) in [5.74, 6) is 0. The Morgan fingerprint density at radius 1 is 1.22 bits per heavy atom. The first kappa shape index (κ1) is 13.4. The summed E-state index contributed by atoms with van der Waals surface area (Å²) >= 11 is 7.99. The van der Waals surface area contributed by atoms with Crippen molar-refractivity contribution in [3.63, 3.8) is 0 Å². The van der Waals surface area contributed by atoms with Gasteiger partial charge in [-0.05, 0) is 57.0 Å². The molecule has 0 bridgehead atoms. The zero-order valence-corrected chi connectivity index (χ0v) is 12.7. The van der Waals surface area contributed by atoms with Crippen molar-refractivity contribution in [3.05, 3.63) is 50.2 Å². The van der Waals surface area contributed by atoms with Crippen molar-refractivity contribution in [2.75, 3.05) is 5.32 Å². The molecule has 96 valence electrons. The molecule has 0 saturated heterocycles. The van der Waals surface area contributed by atoms with Gasteiger partial charge in [0, 0.05) is 26.5 Å². The van der Waals surface area contributed by atoms with Crippen molar-refractivity contribution in [3.8, 4) is 0 Å². The van der Waals surface area contributed by atoms with E-state index in [2.05, 4.69) is 38.2 Å². The largest absolute Gasteiger partial charge is 0.378 e. The molecule has 0 aliphatic rings. The number of benzene rings is 1. The summed E-state index contributed by atoms with van der Waals surface area (Å²) in [6.07, 6.45) is 0. The Bertz CT molecular complexity index is 560. The van der Waals surface area contributed by atoms with Gasteiger partial charge >= 0.3 is 0 Å². The maximum Gasteiger partial charge on any atom is 0.0496 e. The molecule has 0 radical (unpaired) electrons. The van der Waals surface area contributed by atoms with Crippen molar-refractivity contribution in [1.29, 1.82) is 0 Å². The molecule has 3 heteroatoms. The van der Waals surface area contributed by atoms with E-state index < -0.39 is 0 Å². The Morgan fingerprint density at radius 2 is 1.94 bits per heavy atom. The first-order valence-electron chi connectivity index (χ1n) is 6.07. The average molecular weight is 280 g/mol. The minimum atomic E-state index is 0.298. The maximum absolute atomic E-state index is 6.14. The van der Waals surface area contributed by atoms with Gasteiger partial charge < -0.3 is 5.32 Å². The van der Waals surface area contributed by atoms with Gasteiger partial charge in [0.05, 0.1) is 0 Å². The van der Waals surface area contributed by atoms with E-state index in [0.29, 0.717) is 6.04 Å². The summed E-state index contributed by atoms with van der Waals surface area (Å²) in [4.78, 5) is 2.74. The smallest absolute Gasteiger partial charge is 0.0496 e. The second kappa shape index (κ2) is 5.33. The summed E-state index contributed by atoms with van der Waals surface area (Å²) in [6, 6.07) is 8.54. The predicted molar refractivity (Wildman–Crippen MR) is 82.0 cm³/mol. The lowest BCUT2D eigenvalue weighted by Gasteiger charge is -2.17. The normalized spacial score (nSPS) is 12.5. The van der Waals surface area contributed by atoms with E-state index in [1.54, 1.807) is 0 Å². The van der Waals surface area contributed by atoms with Crippen LogP contribution in [-0.2, 0) is 0 Å². The molecule has 2 aromatic rings. The SMILES string of the molecule is Cc1cc(C(C)Nc2cccc(Cl)c2C)c(C)s1. The van der Waals surface area contributed by atoms with Gasteiger partial charge in [0.15, 0.2) is 0 Å². The van der Waals surface area contributed by atoms with Gasteiger partial charge in [0.2, 0.25) is 0 Å². The number of hydrogen-bond acceptors (Lipinski definition) is 2. The lowest BCUT2D eigenvalue weighted by molar-refractivity contribution is 0.879. The van der Waals surface area contributed by atoms with Gasteiger partial charge in [0.25, 0.3) is 0 Å². The van der Waals surface area contributed by atoms with Gasteiger partial charge in [-0.15, -0.1) is 11.3 Å². The Balaban J connectivity index is 2.24. The molecule has 0 amide bonds. The van der Waals surface area contributed by atoms with Crippen LogP contribution in [0.5, 0.6) is 0 Å². The third-order valence-electron chi connectivity index (χ3n) is 3.19. The minimum Gasteiger partial charge on any atom is -0.378 e. The van der Waals surface area contributed by atoms with E-state index in [9.17, 15) is 0 Å². The summed E-state index contributed by atoms with van der Waals surface area (Å²) in [5, 5.41) is 4.35. The lowest BCUT2D eigenvalue weighted by Crippen LogP contribution is -2.07. The van der Waals surface area contributed by atoms with Crippen molar-refractivity contribution < 1.29 is 0 Å². The van der Waals surface area contributed by atoms with E-state index in [1.165, 1.54) is 15.3 Å². The van der Waals surface area contributed by atoms with Crippen molar-refractivity contribution >= 4 is 28.6 Å². The molecule has 1 aromatic carbocycles. The number of nitrogens with one attached hydrogen (secondary N) is 1. The van der Waals surface area contributed by atoms with E-state index in [-0.39, 0.29) is 0 Å². The molecule has 1 N–H and O–H groups in total. The summed E-state index contributed by atoms with van der Waals surface area (Å²) < 4.78 is 0. The van der Waals surface area contributed by atoms with Crippen molar-refractivity contribution in [2.45, 2.75) is 33.7 Å². The number of halogens is 1. The standard InChI is InChI=1S/C15H18ClNS/c1-9-8-13(12(4)18-9)11(3)17-15-7-5-6-14(16)10(15)2/h5-8,11,17H,1-4H3. The first-order valence-corrected chi connectivity index (χ1v) is 7.27. The van der Waals surface area contributed by atoms with E-state index in [0.717, 1.165) is 16.3 Å². The third kappa shape index (κ3) is 2.70. The van der Waals surface area contributed by atoms with Crippen LogP contribution in [0.3, 0.4) is 0 Å². The maximum atomic E-state index is 6.14. The fraction of sp³-hybridized carbons (Fsp3) is 0.333. The highest BCUT2D eigenvalue weighted by atomic mass is 35.5. The summed E-state index contributed by atoms with van der Waals surface area (Å²) in [7, 11) is 0. The Labute approximate surface area is 118 Å². The topological polar surface area (TPSA) is 12.0 Å². The molecule has 0 aliphatic carbocycles. The highest BCUT2D eigenvalue weighted by Gasteiger charge is 2.12. The number of aryl methyl sites for hydroxylation is 2. The molecule has 1 heterocycles. The fourth-order valence-corrected chi connectivity index (χ4v) is 3.35. The summed E-state index contributed by atoms with van der Waals surface area (Å²) in [6.45, 7) is 8.56. The number of anilines is 1. The van der Waals surface area contributed by atoms with Crippen molar-refractivity contribution in [1.82, 2.24) is 0 Å². The van der Waals surface area contributed by atoms with Gasteiger partial charge in [-0.1, -0.05) is 17.7 Å². The fourth-order valence-electron chi connectivity index (χ4n) is 2.16. The second-order valence-electron chi connectivity index (χ2n) is 4.65. The van der Waals surface area contributed by atoms with E-state index in [4.69, 9.17) is 11.6 Å². The van der Waals surface area contributed by atoms with Crippen LogP contribution in [0.25, 0.3) is 0 Å². The van der Waals surface area contributed by atoms with Crippen LogP contribution < -0.4 is 5.32 Å². The monoisotopic (exact) mass is 279 g/mol. The predicted octanol–water partition coefficient (Wildman–Crippen LogP) is 5.50. The minimum absolute atomic E-state index is 0.298. The molecular weight excluding hydrogens is 262 g/mol. The van der Waals surface area contributed by atoms with E-state index >= 15 is 0 Å². The van der Waals surface area contributed by atoms with E-state index in [1.807, 2.05) is 30.4 Å². The lowest BCUT2D eigenvalue weighted by atomic mass is 10.1. The highest BCUT2D eigenvalue weighted by Crippen LogP contribution is 2.31. The summed E-state index contributed by atoms with van der Waals surface area (Å²) in [5.41, 5.74) is 3.59. The average Bonchev–Trinajstić information content (AvgIpc) is 2.64. The molecule has 1 nitrogen and oxygen atoms in total. The number of rotatable bonds is 3. The molecule has 18 heavy (non-hydrogen) atoms. The molecule has 0 saturated carbocycles. The number of thiophene rings is 1. The molecule has 1 unspecified atom stereocenters. The first-order chi connectivity index (χ1) is 8.49. The molecule has 1 aromatic heterocycles. The molecule has 1 atom stereocenters. The van der Waals surface area contributed by atoms with Crippen LogP contribution in [0, 0.1) is 20.8 Å². The third-order valence-corrected chi connectivity index (χ3v) is 4.58. The van der Waals surface area contributed by atoms with Crippen molar-refractivity contribution in [2.24, 2.45) is 0 Å². The van der Waals surface area contributed by atoms with Crippen LogP contribution >= 0.6 is 22.9 Å². The Kier molecular flexibility index (Phi) is 3.98. The highest BCUT2D eigenvalue weighted by molar-refractivity contribution is 7.12. The number of hydrogen-bond donors (Lipinski definition) is 1. The van der Waals surface area contributed by atoms with Gasteiger partial charge in [0.1, 0.15) is 0 Å². The van der Waals surface area contributed by atoms with Gasteiger partial charge in [-0.2, -0.15) is 0 Å². The van der Waals surface area contributed by atoms with Crippen LogP contribution in [0.1, 0.15) is 33.8 Å². The molecule has 0 spiro atoms. The quantitative estimate of drug-likeness (QED) is 0.782. The zero-order chi connectivity index (χ0) is 13.3. The molecule has 0 fully saturated rings. The molecular formula is C15H18ClNS. The van der Waals surface area contributed by atoms with Crippen LogP contribution in [0.2, 0.25) is 5.02 Å². The molecule has 2 rings (SSSR count). The van der Waals surface area contributed by atoms with Crippen LogP contribution in [-0.4, -0.2) is 0 Å². The van der Waals surface area contributed by atoms with Crippen LogP contribution in [0.4, 0.5) is 5.69 Å². The Hall–Kier alpha value is -0.990. The Morgan fingerprint density at radius 3 is 2.56 bits per heavy atom. The van der Waals surface area contributed by atoms with Gasteiger partial charge in [-0.3, -0.25) is 0 Å². The zero-order valence-electron chi connectivity index (χ0n) is 11.2. The van der Waals surface area contributed by atoms with Crippen LogP contribution in [0.15, 0.2) is 24.3 Å². The van der Waals surface area contributed by atoms with Gasteiger partial charge in [-0.25, -0.2) is 0 Å². The molecule has 0 aliphatic heterocycles. The second-order valence-corrected chi connectivity index (χ2v) is 6.51.